The molecule has 1 saturated heterocycles. The Morgan fingerprint density at radius 3 is 3.05 bits per heavy atom. The van der Waals surface area contributed by atoms with Gasteiger partial charge in [-0.1, -0.05) is 25.1 Å². The Balaban J connectivity index is 1.85. The molecule has 4 nitrogen and oxygen atoms in total. The summed E-state index contributed by atoms with van der Waals surface area (Å²) in [5, 5.41) is 3.42. The van der Waals surface area contributed by atoms with Gasteiger partial charge < -0.3 is 19.7 Å². The normalized spacial score (nSPS) is 20.0. The second-order valence-electron chi connectivity index (χ2n) is 5.35. The van der Waals surface area contributed by atoms with E-state index >= 15 is 0 Å². The molecule has 1 heterocycles. The third kappa shape index (κ3) is 4.78. The van der Waals surface area contributed by atoms with Crippen LogP contribution in [0, 0.1) is 0 Å². The summed E-state index contributed by atoms with van der Waals surface area (Å²) in [7, 11) is 2.12. The van der Waals surface area contributed by atoms with Crippen molar-refractivity contribution in [2.24, 2.45) is 0 Å². The van der Waals surface area contributed by atoms with Crippen molar-refractivity contribution in [3.8, 4) is 5.75 Å². The van der Waals surface area contributed by atoms with Crippen molar-refractivity contribution in [1.82, 2.24) is 10.2 Å². The summed E-state index contributed by atoms with van der Waals surface area (Å²) in [6.45, 7) is 7.43. The van der Waals surface area contributed by atoms with Gasteiger partial charge in [-0.3, -0.25) is 0 Å². The molecule has 1 aromatic carbocycles. The number of hydrogen-bond donors (Lipinski definition) is 1. The summed E-state index contributed by atoms with van der Waals surface area (Å²) in [4.78, 5) is 2.28. The van der Waals surface area contributed by atoms with Gasteiger partial charge in [0.15, 0.2) is 0 Å². The number of ether oxygens (including phenoxy) is 2. The minimum Gasteiger partial charge on any atom is -0.490 e. The number of morpholine rings is 1. The van der Waals surface area contributed by atoms with E-state index in [1.165, 1.54) is 5.56 Å². The molecular formula is C16H26N2O2. The van der Waals surface area contributed by atoms with Gasteiger partial charge in [0.1, 0.15) is 18.5 Å². The minimum atomic E-state index is 0.172. The molecule has 1 aliphatic rings. The number of nitrogens with one attached hydrogen (secondary N) is 1. The molecule has 1 atom stereocenters. The summed E-state index contributed by atoms with van der Waals surface area (Å²) >= 11 is 0. The average Bonchev–Trinajstić information content (AvgIpc) is 2.47. The van der Waals surface area contributed by atoms with Gasteiger partial charge in [0.2, 0.25) is 0 Å². The van der Waals surface area contributed by atoms with Gasteiger partial charge >= 0.3 is 0 Å². The van der Waals surface area contributed by atoms with E-state index in [1.54, 1.807) is 0 Å². The highest BCUT2D eigenvalue weighted by Gasteiger charge is 2.18. The third-order valence-electron chi connectivity index (χ3n) is 3.48. The Kier molecular flexibility index (Phi) is 6.30. The molecule has 4 heteroatoms. The Bertz CT molecular complexity index is 398. The van der Waals surface area contributed by atoms with Crippen LogP contribution >= 0.6 is 0 Å². The molecule has 1 N–H and O–H groups in total. The predicted molar refractivity (Wildman–Crippen MR) is 81.2 cm³/mol. The number of para-hydroxylation sites is 1. The predicted octanol–water partition coefficient (Wildman–Crippen LogP) is 1.90. The van der Waals surface area contributed by atoms with Crippen LogP contribution in [0.2, 0.25) is 0 Å². The third-order valence-corrected chi connectivity index (χ3v) is 3.48. The van der Waals surface area contributed by atoms with E-state index in [4.69, 9.17) is 9.47 Å². The van der Waals surface area contributed by atoms with E-state index in [-0.39, 0.29) is 6.10 Å². The lowest BCUT2D eigenvalue weighted by Gasteiger charge is -2.30. The van der Waals surface area contributed by atoms with Gasteiger partial charge in [-0.05, 0) is 26.1 Å². The van der Waals surface area contributed by atoms with Crippen LogP contribution in [-0.4, -0.2) is 50.9 Å². The Morgan fingerprint density at radius 1 is 1.40 bits per heavy atom. The molecule has 0 amide bonds. The monoisotopic (exact) mass is 278 g/mol. The van der Waals surface area contributed by atoms with E-state index in [9.17, 15) is 0 Å². The van der Waals surface area contributed by atoms with Crippen LogP contribution in [0.5, 0.6) is 5.75 Å². The summed E-state index contributed by atoms with van der Waals surface area (Å²) in [5.41, 5.74) is 1.21. The highest BCUT2D eigenvalue weighted by Crippen LogP contribution is 2.18. The molecule has 0 aromatic heterocycles. The van der Waals surface area contributed by atoms with Gasteiger partial charge in [0.05, 0.1) is 6.61 Å². The fraction of sp³-hybridized carbons (Fsp3) is 0.625. The van der Waals surface area contributed by atoms with Gasteiger partial charge in [0.25, 0.3) is 0 Å². The Labute approximate surface area is 122 Å². The van der Waals surface area contributed by atoms with Crippen molar-refractivity contribution in [2.45, 2.75) is 26.0 Å². The van der Waals surface area contributed by atoms with Crippen LogP contribution in [0.3, 0.4) is 0 Å². The van der Waals surface area contributed by atoms with Crippen LogP contribution in [0.15, 0.2) is 24.3 Å². The van der Waals surface area contributed by atoms with E-state index < -0.39 is 0 Å². The maximum Gasteiger partial charge on any atom is 0.123 e. The first kappa shape index (κ1) is 15.3. The van der Waals surface area contributed by atoms with E-state index in [2.05, 4.69) is 36.3 Å². The van der Waals surface area contributed by atoms with Gasteiger partial charge in [-0.15, -0.1) is 0 Å². The fourth-order valence-corrected chi connectivity index (χ4v) is 2.34. The molecule has 20 heavy (non-hydrogen) atoms. The standard InChI is InChI=1S/C16H26N2O2/c1-3-8-17-11-14-6-4-5-7-16(14)20-13-15-12-18(2)9-10-19-15/h4-7,15,17H,3,8-13H2,1-2H3. The summed E-state index contributed by atoms with van der Waals surface area (Å²) < 4.78 is 11.7. The first-order chi connectivity index (χ1) is 9.79. The largest absolute Gasteiger partial charge is 0.490 e. The highest BCUT2D eigenvalue weighted by molar-refractivity contribution is 5.33. The molecule has 1 unspecified atom stereocenters. The molecule has 0 spiro atoms. The molecule has 0 saturated carbocycles. The zero-order valence-corrected chi connectivity index (χ0v) is 12.6. The molecule has 1 aliphatic heterocycles. The summed E-state index contributed by atoms with van der Waals surface area (Å²) in [5.74, 6) is 0.966. The lowest BCUT2D eigenvalue weighted by molar-refractivity contribution is -0.0404. The number of nitrogens with zero attached hydrogens (tertiary/aromatic N) is 1. The topological polar surface area (TPSA) is 33.7 Å². The molecule has 0 radical (unpaired) electrons. The SMILES string of the molecule is CCCNCc1ccccc1OCC1CN(C)CCO1. The molecule has 2 rings (SSSR count). The van der Waals surface area contributed by atoms with Crippen LogP contribution in [0.4, 0.5) is 0 Å². The highest BCUT2D eigenvalue weighted by atomic mass is 16.5. The lowest BCUT2D eigenvalue weighted by Crippen LogP contribution is -2.42. The number of likely N-dealkylation sites (N-methyl/N-ethyl adjacent to an activating group) is 1. The maximum atomic E-state index is 5.96. The number of benzene rings is 1. The number of hydrogen-bond acceptors (Lipinski definition) is 4. The van der Waals surface area contributed by atoms with Gasteiger partial charge in [-0.2, -0.15) is 0 Å². The second kappa shape index (κ2) is 8.25. The van der Waals surface area contributed by atoms with Crippen molar-refractivity contribution in [3.63, 3.8) is 0 Å². The molecule has 112 valence electrons. The molecule has 0 aliphatic carbocycles. The number of rotatable bonds is 7. The van der Waals surface area contributed by atoms with E-state index in [0.29, 0.717) is 6.61 Å². The van der Waals surface area contributed by atoms with Crippen LogP contribution in [0.25, 0.3) is 0 Å². The Morgan fingerprint density at radius 2 is 2.25 bits per heavy atom. The van der Waals surface area contributed by atoms with Crippen LogP contribution in [0.1, 0.15) is 18.9 Å². The Hall–Kier alpha value is -1.10. The van der Waals surface area contributed by atoms with Crippen molar-refractivity contribution in [1.29, 1.82) is 0 Å². The van der Waals surface area contributed by atoms with Crippen molar-refractivity contribution in [2.75, 3.05) is 39.9 Å². The lowest BCUT2D eigenvalue weighted by atomic mass is 10.2. The van der Waals surface area contributed by atoms with Gasteiger partial charge in [0, 0.05) is 25.2 Å². The first-order valence-electron chi connectivity index (χ1n) is 7.51. The molecule has 1 aromatic rings. The molecule has 0 bridgehead atoms. The smallest absolute Gasteiger partial charge is 0.123 e. The zero-order chi connectivity index (χ0) is 14.2. The van der Waals surface area contributed by atoms with Crippen molar-refractivity contribution in [3.05, 3.63) is 29.8 Å². The quantitative estimate of drug-likeness (QED) is 0.772. The molecule has 1 fully saturated rings. The summed E-state index contributed by atoms with van der Waals surface area (Å²) in [6, 6.07) is 8.23. The van der Waals surface area contributed by atoms with Crippen molar-refractivity contribution < 1.29 is 9.47 Å². The minimum absolute atomic E-state index is 0.172. The summed E-state index contributed by atoms with van der Waals surface area (Å²) in [6.07, 6.45) is 1.32. The zero-order valence-electron chi connectivity index (χ0n) is 12.6. The molecular weight excluding hydrogens is 252 g/mol. The van der Waals surface area contributed by atoms with E-state index in [0.717, 1.165) is 45.0 Å². The maximum absolute atomic E-state index is 5.96. The van der Waals surface area contributed by atoms with E-state index in [1.807, 2.05) is 12.1 Å². The van der Waals surface area contributed by atoms with Crippen molar-refractivity contribution >= 4 is 0 Å². The average molecular weight is 278 g/mol. The second-order valence-corrected chi connectivity index (χ2v) is 5.35. The van der Waals surface area contributed by atoms with Crippen LogP contribution in [-0.2, 0) is 11.3 Å². The fourth-order valence-electron chi connectivity index (χ4n) is 2.34. The van der Waals surface area contributed by atoms with Crippen LogP contribution < -0.4 is 10.1 Å². The first-order valence-corrected chi connectivity index (χ1v) is 7.51. The van der Waals surface area contributed by atoms with Gasteiger partial charge in [-0.25, -0.2) is 0 Å².